The molecule has 0 aromatic carbocycles. The molecule has 0 bridgehead atoms. The lowest BCUT2D eigenvalue weighted by atomic mass is 10.2. The van der Waals surface area contributed by atoms with Crippen molar-refractivity contribution in [2.75, 3.05) is 6.54 Å². The largest absolute Gasteiger partial charge is 0.354 e. The van der Waals surface area contributed by atoms with Crippen LogP contribution in [0.4, 0.5) is 0 Å². The van der Waals surface area contributed by atoms with E-state index in [0.717, 1.165) is 36.6 Å². The summed E-state index contributed by atoms with van der Waals surface area (Å²) >= 11 is 0. The van der Waals surface area contributed by atoms with E-state index in [2.05, 4.69) is 27.4 Å². The summed E-state index contributed by atoms with van der Waals surface area (Å²) in [7, 11) is 0. The molecule has 0 unspecified atom stereocenters. The van der Waals surface area contributed by atoms with Crippen LogP contribution in [0.1, 0.15) is 24.7 Å². The Bertz CT molecular complexity index is 481. The number of nitrogens with one attached hydrogen (secondary N) is 1. The van der Waals surface area contributed by atoms with Crippen LogP contribution in [0.15, 0.2) is 23.0 Å². The molecule has 0 aliphatic rings. The summed E-state index contributed by atoms with van der Waals surface area (Å²) in [4.78, 5) is 8.42. The molecular weight excluding hydrogens is 216 g/mol. The average molecular weight is 232 g/mol. The van der Waals surface area contributed by atoms with Gasteiger partial charge in [-0.25, -0.2) is 4.98 Å². The van der Waals surface area contributed by atoms with Gasteiger partial charge in [-0.05, 0) is 19.9 Å². The van der Waals surface area contributed by atoms with E-state index < -0.39 is 0 Å². The van der Waals surface area contributed by atoms with Crippen molar-refractivity contribution in [1.82, 2.24) is 20.4 Å². The van der Waals surface area contributed by atoms with E-state index in [4.69, 9.17) is 4.52 Å². The highest BCUT2D eigenvalue weighted by Crippen LogP contribution is 2.19. The van der Waals surface area contributed by atoms with Gasteiger partial charge in [0.05, 0.1) is 11.4 Å². The zero-order valence-electron chi connectivity index (χ0n) is 10.1. The standard InChI is InChI=1S/C12H16N4O/c1-3-4-13-8-10-7-11(17-16-10)12-9(2)14-5-6-15-12/h5-7,13H,3-4,8H2,1-2H3. The molecule has 2 rings (SSSR count). The highest BCUT2D eigenvalue weighted by Gasteiger charge is 2.10. The molecule has 2 aromatic heterocycles. The maximum absolute atomic E-state index is 5.27. The average Bonchev–Trinajstić information content (AvgIpc) is 2.79. The molecule has 0 atom stereocenters. The second-order valence-corrected chi connectivity index (χ2v) is 3.85. The summed E-state index contributed by atoms with van der Waals surface area (Å²) < 4.78 is 5.27. The summed E-state index contributed by atoms with van der Waals surface area (Å²) in [5, 5.41) is 7.27. The summed E-state index contributed by atoms with van der Waals surface area (Å²) in [6.07, 6.45) is 4.42. The fourth-order valence-corrected chi connectivity index (χ4v) is 1.55. The van der Waals surface area contributed by atoms with Gasteiger partial charge < -0.3 is 9.84 Å². The smallest absolute Gasteiger partial charge is 0.187 e. The number of hydrogen-bond donors (Lipinski definition) is 1. The van der Waals surface area contributed by atoms with Crippen molar-refractivity contribution in [2.45, 2.75) is 26.8 Å². The molecule has 17 heavy (non-hydrogen) atoms. The second-order valence-electron chi connectivity index (χ2n) is 3.85. The molecular formula is C12H16N4O. The predicted molar refractivity (Wildman–Crippen MR) is 64.3 cm³/mol. The van der Waals surface area contributed by atoms with Crippen molar-refractivity contribution >= 4 is 0 Å². The van der Waals surface area contributed by atoms with Gasteiger partial charge in [-0.1, -0.05) is 12.1 Å². The first-order valence-electron chi connectivity index (χ1n) is 5.75. The van der Waals surface area contributed by atoms with E-state index >= 15 is 0 Å². The van der Waals surface area contributed by atoms with Gasteiger partial charge in [-0.2, -0.15) is 0 Å². The van der Waals surface area contributed by atoms with Crippen LogP contribution in [0.3, 0.4) is 0 Å². The highest BCUT2D eigenvalue weighted by molar-refractivity contribution is 5.54. The first-order chi connectivity index (χ1) is 8.31. The Morgan fingerprint density at radius 2 is 2.12 bits per heavy atom. The van der Waals surface area contributed by atoms with E-state index in [1.165, 1.54) is 0 Å². The minimum absolute atomic E-state index is 0.670. The maximum atomic E-state index is 5.27. The van der Waals surface area contributed by atoms with Crippen LogP contribution in [0.5, 0.6) is 0 Å². The molecule has 0 fully saturated rings. The Balaban J connectivity index is 2.10. The number of hydrogen-bond acceptors (Lipinski definition) is 5. The van der Waals surface area contributed by atoms with Crippen molar-refractivity contribution in [3.63, 3.8) is 0 Å². The molecule has 0 aliphatic heterocycles. The molecule has 0 radical (unpaired) electrons. The molecule has 0 aliphatic carbocycles. The normalized spacial score (nSPS) is 10.7. The quantitative estimate of drug-likeness (QED) is 0.798. The summed E-state index contributed by atoms with van der Waals surface area (Å²) in [5.41, 5.74) is 2.48. The van der Waals surface area contributed by atoms with E-state index in [-0.39, 0.29) is 0 Å². The minimum Gasteiger partial charge on any atom is -0.354 e. The van der Waals surface area contributed by atoms with Crippen LogP contribution in [-0.4, -0.2) is 21.7 Å². The lowest BCUT2D eigenvalue weighted by Crippen LogP contribution is -2.13. The predicted octanol–water partition coefficient (Wildman–Crippen LogP) is 1.94. The van der Waals surface area contributed by atoms with E-state index in [9.17, 15) is 0 Å². The van der Waals surface area contributed by atoms with Crippen molar-refractivity contribution in [2.24, 2.45) is 0 Å². The van der Waals surface area contributed by atoms with Gasteiger partial charge in [-0.3, -0.25) is 4.98 Å². The summed E-state index contributed by atoms with van der Waals surface area (Å²) in [6, 6.07) is 1.90. The van der Waals surface area contributed by atoms with Crippen LogP contribution < -0.4 is 5.32 Å². The monoisotopic (exact) mass is 232 g/mol. The molecule has 5 heteroatoms. The lowest BCUT2D eigenvalue weighted by molar-refractivity contribution is 0.418. The van der Waals surface area contributed by atoms with Gasteiger partial charge in [0.15, 0.2) is 5.76 Å². The number of aromatic nitrogens is 3. The second kappa shape index (κ2) is 5.54. The van der Waals surface area contributed by atoms with Crippen molar-refractivity contribution in [3.05, 3.63) is 29.8 Å². The van der Waals surface area contributed by atoms with E-state index in [0.29, 0.717) is 5.76 Å². The van der Waals surface area contributed by atoms with Crippen LogP contribution in [0, 0.1) is 6.92 Å². The third-order valence-corrected chi connectivity index (χ3v) is 2.41. The van der Waals surface area contributed by atoms with Crippen LogP contribution in [-0.2, 0) is 6.54 Å². The molecule has 0 spiro atoms. The van der Waals surface area contributed by atoms with E-state index in [1.54, 1.807) is 12.4 Å². The lowest BCUT2D eigenvalue weighted by Gasteiger charge is -1.97. The molecule has 2 heterocycles. The van der Waals surface area contributed by atoms with Gasteiger partial charge in [0, 0.05) is 25.0 Å². The van der Waals surface area contributed by atoms with E-state index in [1.807, 2.05) is 13.0 Å². The Labute approximate surface area is 100 Å². The summed E-state index contributed by atoms with van der Waals surface area (Å²) in [5.74, 6) is 0.670. The third-order valence-electron chi connectivity index (χ3n) is 2.41. The van der Waals surface area contributed by atoms with Crippen molar-refractivity contribution in [3.8, 4) is 11.5 Å². The van der Waals surface area contributed by atoms with Crippen LogP contribution in [0.25, 0.3) is 11.5 Å². The Morgan fingerprint density at radius 1 is 1.29 bits per heavy atom. The molecule has 0 amide bonds. The highest BCUT2D eigenvalue weighted by atomic mass is 16.5. The first kappa shape index (κ1) is 11.7. The van der Waals surface area contributed by atoms with Gasteiger partial charge in [-0.15, -0.1) is 0 Å². The van der Waals surface area contributed by atoms with Gasteiger partial charge in [0.25, 0.3) is 0 Å². The molecule has 90 valence electrons. The molecule has 2 aromatic rings. The molecule has 1 N–H and O–H groups in total. The molecule has 5 nitrogen and oxygen atoms in total. The van der Waals surface area contributed by atoms with Crippen LogP contribution in [0.2, 0.25) is 0 Å². The SMILES string of the molecule is CCCNCc1cc(-c2nccnc2C)on1. The summed E-state index contributed by atoms with van der Waals surface area (Å²) in [6.45, 7) is 5.73. The Kier molecular flexibility index (Phi) is 3.82. The first-order valence-corrected chi connectivity index (χ1v) is 5.75. The van der Waals surface area contributed by atoms with Gasteiger partial charge in [0.1, 0.15) is 5.69 Å². The van der Waals surface area contributed by atoms with Crippen LogP contribution >= 0.6 is 0 Å². The number of rotatable bonds is 5. The zero-order valence-corrected chi connectivity index (χ0v) is 10.1. The molecule has 0 saturated heterocycles. The third kappa shape index (κ3) is 2.88. The molecule has 0 saturated carbocycles. The maximum Gasteiger partial charge on any atom is 0.187 e. The van der Waals surface area contributed by atoms with Gasteiger partial charge in [0.2, 0.25) is 0 Å². The zero-order chi connectivity index (χ0) is 12.1. The van der Waals surface area contributed by atoms with Crippen molar-refractivity contribution < 1.29 is 4.52 Å². The topological polar surface area (TPSA) is 63.8 Å². The number of aryl methyl sites for hydroxylation is 1. The Morgan fingerprint density at radius 3 is 2.88 bits per heavy atom. The van der Waals surface area contributed by atoms with Gasteiger partial charge >= 0.3 is 0 Å². The Hall–Kier alpha value is -1.75. The number of nitrogens with zero attached hydrogens (tertiary/aromatic N) is 3. The fraction of sp³-hybridized carbons (Fsp3) is 0.417. The fourth-order valence-electron chi connectivity index (χ4n) is 1.55. The van der Waals surface area contributed by atoms with Crippen molar-refractivity contribution in [1.29, 1.82) is 0 Å². The minimum atomic E-state index is 0.670.